The second-order valence-electron chi connectivity index (χ2n) is 5.27. The van der Waals surface area contributed by atoms with Gasteiger partial charge < -0.3 is 4.74 Å². The minimum Gasteiger partial charge on any atom is -0.462 e. The van der Waals surface area contributed by atoms with Gasteiger partial charge in [0.2, 0.25) is 10.0 Å². The summed E-state index contributed by atoms with van der Waals surface area (Å²) in [6.07, 6.45) is 0. The molecule has 0 aliphatic rings. The van der Waals surface area contributed by atoms with Crippen LogP contribution in [0.15, 0.2) is 42.5 Å². The number of hydrogen-bond acceptors (Lipinski definition) is 4. The predicted octanol–water partition coefficient (Wildman–Crippen LogP) is 3.77. The topological polar surface area (TPSA) is 72.5 Å². The molecular weight excluding hydrogens is 350 g/mol. The summed E-state index contributed by atoms with van der Waals surface area (Å²) >= 11 is 6.07. The molecule has 0 atom stereocenters. The maximum atomic E-state index is 12.3. The molecule has 0 unspecified atom stereocenters. The molecule has 0 saturated carbocycles. The molecule has 0 radical (unpaired) electrons. The first-order valence-corrected chi connectivity index (χ1v) is 9.36. The molecule has 128 valence electrons. The Hall–Kier alpha value is -2.05. The summed E-state index contributed by atoms with van der Waals surface area (Å²) in [5, 5.41) is 0.133. The molecule has 7 heteroatoms. The van der Waals surface area contributed by atoms with E-state index in [4.69, 9.17) is 16.3 Å². The maximum absolute atomic E-state index is 12.3. The third kappa shape index (κ3) is 4.97. The number of halogens is 1. The van der Waals surface area contributed by atoms with Crippen LogP contribution in [0, 0.1) is 6.92 Å². The lowest BCUT2D eigenvalue weighted by atomic mass is 10.2. The molecule has 2 rings (SSSR count). The molecule has 1 N–H and O–H groups in total. The van der Waals surface area contributed by atoms with Crippen molar-refractivity contribution in [3.63, 3.8) is 0 Å². The quantitative estimate of drug-likeness (QED) is 0.789. The van der Waals surface area contributed by atoms with Gasteiger partial charge in [-0.2, -0.15) is 0 Å². The van der Waals surface area contributed by atoms with E-state index in [1.807, 2.05) is 19.1 Å². The first-order valence-electron chi connectivity index (χ1n) is 7.33. The van der Waals surface area contributed by atoms with Gasteiger partial charge in [-0.3, -0.25) is 4.72 Å². The summed E-state index contributed by atoms with van der Waals surface area (Å²) in [6, 6.07) is 11.6. The van der Waals surface area contributed by atoms with Crippen LogP contribution in [-0.4, -0.2) is 21.0 Å². The Morgan fingerprint density at radius 2 is 1.96 bits per heavy atom. The fourth-order valence-electron chi connectivity index (χ4n) is 2.16. The van der Waals surface area contributed by atoms with E-state index < -0.39 is 16.0 Å². The molecule has 2 aromatic rings. The highest BCUT2D eigenvalue weighted by atomic mass is 35.5. The van der Waals surface area contributed by atoms with Crippen LogP contribution < -0.4 is 4.72 Å². The number of esters is 1. The Balaban J connectivity index is 2.16. The number of carbonyl (C=O) groups excluding carboxylic acids is 1. The molecule has 0 aliphatic carbocycles. The number of anilines is 1. The molecule has 0 aromatic heterocycles. The van der Waals surface area contributed by atoms with E-state index in [-0.39, 0.29) is 28.6 Å². The zero-order valence-electron chi connectivity index (χ0n) is 13.4. The van der Waals surface area contributed by atoms with Gasteiger partial charge in [0.1, 0.15) is 0 Å². The van der Waals surface area contributed by atoms with Crippen LogP contribution in [0.2, 0.25) is 5.02 Å². The number of ether oxygens (including phenoxy) is 1. The lowest BCUT2D eigenvalue weighted by molar-refractivity contribution is 0.0526. The van der Waals surface area contributed by atoms with E-state index in [1.54, 1.807) is 19.1 Å². The van der Waals surface area contributed by atoms with Gasteiger partial charge in [-0.1, -0.05) is 41.4 Å². The zero-order valence-corrected chi connectivity index (χ0v) is 14.9. The lowest BCUT2D eigenvalue weighted by Crippen LogP contribution is -2.15. The van der Waals surface area contributed by atoms with Crippen molar-refractivity contribution >= 4 is 33.3 Å². The van der Waals surface area contributed by atoms with Crippen molar-refractivity contribution in [1.82, 2.24) is 0 Å². The minimum absolute atomic E-state index is 0.133. The molecule has 0 aliphatic heterocycles. The van der Waals surface area contributed by atoms with E-state index in [0.29, 0.717) is 5.56 Å². The van der Waals surface area contributed by atoms with Crippen LogP contribution in [0.3, 0.4) is 0 Å². The summed E-state index contributed by atoms with van der Waals surface area (Å²) in [6.45, 7) is 3.85. The Morgan fingerprint density at radius 1 is 1.21 bits per heavy atom. The number of carbonyl (C=O) groups is 1. The van der Waals surface area contributed by atoms with Gasteiger partial charge in [-0.25, -0.2) is 13.2 Å². The second kappa shape index (κ2) is 7.68. The van der Waals surface area contributed by atoms with Gasteiger partial charge in [0, 0.05) is 0 Å². The average molecular weight is 368 g/mol. The lowest BCUT2D eigenvalue weighted by Gasteiger charge is -2.11. The first-order chi connectivity index (χ1) is 11.3. The van der Waals surface area contributed by atoms with Crippen molar-refractivity contribution in [3.8, 4) is 0 Å². The van der Waals surface area contributed by atoms with Gasteiger partial charge in [0.05, 0.1) is 28.6 Å². The zero-order chi connectivity index (χ0) is 17.7. The Morgan fingerprint density at radius 3 is 2.58 bits per heavy atom. The van der Waals surface area contributed by atoms with Crippen LogP contribution in [0.25, 0.3) is 0 Å². The summed E-state index contributed by atoms with van der Waals surface area (Å²) in [4.78, 5) is 11.6. The normalized spacial score (nSPS) is 11.1. The van der Waals surface area contributed by atoms with Crippen molar-refractivity contribution in [2.75, 3.05) is 11.3 Å². The molecule has 5 nitrogen and oxygen atoms in total. The summed E-state index contributed by atoms with van der Waals surface area (Å²) < 4.78 is 31.9. The van der Waals surface area contributed by atoms with Crippen LogP contribution in [0.1, 0.15) is 28.4 Å². The number of benzene rings is 2. The van der Waals surface area contributed by atoms with Crippen molar-refractivity contribution in [1.29, 1.82) is 0 Å². The van der Waals surface area contributed by atoms with Gasteiger partial charge in [-0.15, -0.1) is 0 Å². The highest BCUT2D eigenvalue weighted by Gasteiger charge is 2.15. The van der Waals surface area contributed by atoms with Gasteiger partial charge in [0.15, 0.2) is 0 Å². The molecule has 2 aromatic carbocycles. The molecule has 0 fully saturated rings. The van der Waals surface area contributed by atoms with Crippen LogP contribution >= 0.6 is 11.6 Å². The Bertz CT molecular complexity index is 849. The third-order valence-electron chi connectivity index (χ3n) is 3.18. The largest absolute Gasteiger partial charge is 0.462 e. The number of hydrogen-bond donors (Lipinski definition) is 1. The molecule has 0 amide bonds. The fraction of sp³-hybridized carbons (Fsp3) is 0.235. The van der Waals surface area contributed by atoms with Crippen molar-refractivity contribution < 1.29 is 17.9 Å². The van der Waals surface area contributed by atoms with E-state index in [2.05, 4.69) is 4.72 Å². The molecule has 0 spiro atoms. The first kappa shape index (κ1) is 18.3. The fourth-order valence-corrected chi connectivity index (χ4v) is 3.65. The molecule has 0 bridgehead atoms. The third-order valence-corrected chi connectivity index (χ3v) is 4.74. The molecule has 0 heterocycles. The Kier molecular flexibility index (Phi) is 5.85. The minimum atomic E-state index is -3.62. The number of sulfonamides is 1. The van der Waals surface area contributed by atoms with E-state index in [0.717, 1.165) is 5.56 Å². The summed E-state index contributed by atoms with van der Waals surface area (Å²) in [5.41, 5.74) is 2.15. The van der Waals surface area contributed by atoms with E-state index >= 15 is 0 Å². The highest BCUT2D eigenvalue weighted by Crippen LogP contribution is 2.25. The van der Waals surface area contributed by atoms with Crippen LogP contribution in [0.5, 0.6) is 0 Å². The van der Waals surface area contributed by atoms with Crippen LogP contribution in [0.4, 0.5) is 5.69 Å². The van der Waals surface area contributed by atoms with Crippen molar-refractivity contribution in [2.24, 2.45) is 0 Å². The molecule has 0 saturated heterocycles. The van der Waals surface area contributed by atoms with Crippen molar-refractivity contribution in [3.05, 3.63) is 64.2 Å². The molecular formula is C17H18ClNO4S. The van der Waals surface area contributed by atoms with E-state index in [1.165, 1.54) is 18.2 Å². The summed E-state index contributed by atoms with van der Waals surface area (Å²) in [7, 11) is -3.62. The van der Waals surface area contributed by atoms with Gasteiger partial charge in [0.25, 0.3) is 0 Å². The second-order valence-corrected chi connectivity index (χ2v) is 7.39. The average Bonchev–Trinajstić information content (AvgIpc) is 2.49. The number of rotatable bonds is 6. The monoisotopic (exact) mass is 367 g/mol. The standard InChI is InChI=1S/C17H18ClNO4S/c1-3-23-17(20)14-7-8-16(15(18)10-14)19-24(21,22)11-13-6-4-5-12(2)9-13/h4-10,19H,3,11H2,1-2H3. The number of nitrogens with one attached hydrogen (secondary N) is 1. The van der Waals surface area contributed by atoms with Crippen molar-refractivity contribution in [2.45, 2.75) is 19.6 Å². The maximum Gasteiger partial charge on any atom is 0.338 e. The summed E-state index contributed by atoms with van der Waals surface area (Å²) in [5.74, 6) is -0.668. The van der Waals surface area contributed by atoms with E-state index in [9.17, 15) is 13.2 Å². The van der Waals surface area contributed by atoms with Gasteiger partial charge in [-0.05, 0) is 37.6 Å². The number of aryl methyl sites for hydroxylation is 1. The highest BCUT2D eigenvalue weighted by molar-refractivity contribution is 7.91. The molecule has 24 heavy (non-hydrogen) atoms. The Labute approximate surface area is 146 Å². The van der Waals surface area contributed by atoms with Crippen LogP contribution in [-0.2, 0) is 20.5 Å². The SMILES string of the molecule is CCOC(=O)c1ccc(NS(=O)(=O)Cc2cccc(C)c2)c(Cl)c1. The predicted molar refractivity (Wildman–Crippen MR) is 94.8 cm³/mol. The smallest absolute Gasteiger partial charge is 0.338 e. The van der Waals surface area contributed by atoms with Gasteiger partial charge >= 0.3 is 5.97 Å².